The van der Waals surface area contributed by atoms with Gasteiger partial charge in [-0.05, 0) is 24.5 Å². The van der Waals surface area contributed by atoms with Crippen molar-refractivity contribution in [1.82, 2.24) is 14.6 Å². The second kappa shape index (κ2) is 9.21. The molecule has 0 aliphatic heterocycles. The van der Waals surface area contributed by atoms with E-state index in [2.05, 4.69) is 17.4 Å². The van der Waals surface area contributed by atoms with Crippen LogP contribution in [0.15, 0.2) is 64.0 Å². The van der Waals surface area contributed by atoms with Crippen molar-refractivity contribution in [1.29, 1.82) is 0 Å². The van der Waals surface area contributed by atoms with Crippen molar-refractivity contribution < 1.29 is 14.1 Å². The predicted molar refractivity (Wildman–Crippen MR) is 112 cm³/mol. The Morgan fingerprint density at radius 3 is 2.60 bits per heavy atom. The highest BCUT2D eigenvalue weighted by molar-refractivity contribution is 5.94. The molecule has 3 aromatic rings. The normalized spacial score (nSPS) is 11.7. The molecule has 1 N–H and O–H groups in total. The minimum absolute atomic E-state index is 0.155. The molecule has 0 saturated heterocycles. The first-order valence-corrected chi connectivity index (χ1v) is 9.57. The van der Waals surface area contributed by atoms with Crippen LogP contribution in [0.5, 0.6) is 0 Å². The number of aryl methyl sites for hydroxylation is 1. The third kappa shape index (κ3) is 5.22. The van der Waals surface area contributed by atoms with Gasteiger partial charge in [-0.15, -0.1) is 0 Å². The molecule has 0 bridgehead atoms. The zero-order chi connectivity index (χ0) is 21.7. The molecule has 0 aliphatic rings. The number of nitrogens with one attached hydrogen (secondary N) is 1. The monoisotopic (exact) mass is 408 g/mol. The van der Waals surface area contributed by atoms with Crippen LogP contribution in [0.4, 0.5) is 5.82 Å². The van der Waals surface area contributed by atoms with E-state index in [0.717, 1.165) is 5.56 Å². The summed E-state index contributed by atoms with van der Waals surface area (Å²) in [4.78, 5) is 38.8. The number of anilines is 1. The van der Waals surface area contributed by atoms with Crippen LogP contribution in [-0.2, 0) is 11.3 Å². The van der Waals surface area contributed by atoms with Crippen molar-refractivity contribution in [3.05, 3.63) is 82.0 Å². The van der Waals surface area contributed by atoms with E-state index in [1.54, 1.807) is 24.9 Å². The molecular weight excluding hydrogens is 384 g/mol. The molecule has 8 heteroatoms. The summed E-state index contributed by atoms with van der Waals surface area (Å²) in [5, 5.41) is 6.24. The van der Waals surface area contributed by atoms with Gasteiger partial charge in [-0.1, -0.05) is 42.4 Å². The van der Waals surface area contributed by atoms with Crippen LogP contribution in [0, 0.1) is 6.92 Å². The highest BCUT2D eigenvalue weighted by Crippen LogP contribution is 2.16. The molecule has 2 heterocycles. The predicted octanol–water partition coefficient (Wildman–Crippen LogP) is 2.66. The number of carbonyl (C=O) groups is 2. The number of aromatic nitrogens is 2. The largest absolute Gasteiger partial charge is 0.360 e. The van der Waals surface area contributed by atoms with Gasteiger partial charge < -0.3 is 19.3 Å². The van der Waals surface area contributed by atoms with Gasteiger partial charge >= 0.3 is 0 Å². The molecule has 1 atom stereocenters. The van der Waals surface area contributed by atoms with Crippen LogP contribution in [0.1, 0.15) is 34.5 Å². The molecule has 156 valence electrons. The van der Waals surface area contributed by atoms with E-state index >= 15 is 0 Å². The number of hydrogen-bond donors (Lipinski definition) is 1. The number of pyridine rings is 1. The summed E-state index contributed by atoms with van der Waals surface area (Å²) in [7, 11) is 1.72. The molecule has 2 aromatic heterocycles. The molecule has 2 amide bonds. The Kier molecular flexibility index (Phi) is 6.46. The fourth-order valence-corrected chi connectivity index (χ4v) is 3.14. The van der Waals surface area contributed by atoms with Crippen molar-refractivity contribution in [2.75, 3.05) is 18.9 Å². The third-order valence-corrected chi connectivity index (χ3v) is 4.70. The number of amides is 2. The second-order valence-corrected chi connectivity index (χ2v) is 7.25. The summed E-state index contributed by atoms with van der Waals surface area (Å²) in [6.07, 6.45) is 1.40. The van der Waals surface area contributed by atoms with E-state index in [0.29, 0.717) is 17.9 Å². The van der Waals surface area contributed by atoms with Crippen LogP contribution in [-0.4, -0.2) is 40.0 Å². The van der Waals surface area contributed by atoms with Crippen LogP contribution in [0.2, 0.25) is 0 Å². The highest BCUT2D eigenvalue weighted by Gasteiger charge is 2.17. The van der Waals surface area contributed by atoms with Crippen molar-refractivity contribution >= 4 is 17.6 Å². The molecule has 0 spiro atoms. The number of benzene rings is 1. The average Bonchev–Trinajstić information content (AvgIpc) is 3.14. The third-order valence-electron chi connectivity index (χ3n) is 4.70. The van der Waals surface area contributed by atoms with E-state index in [4.69, 9.17) is 4.52 Å². The summed E-state index contributed by atoms with van der Waals surface area (Å²) < 4.78 is 6.09. The van der Waals surface area contributed by atoms with Crippen LogP contribution in [0.3, 0.4) is 0 Å². The Hall–Kier alpha value is -3.68. The number of nitrogens with zero attached hydrogens (tertiary/aromatic N) is 3. The molecule has 0 radical (unpaired) electrons. The fraction of sp³-hybridized carbons (Fsp3) is 0.273. The molecule has 0 aliphatic carbocycles. The molecule has 0 fully saturated rings. The van der Waals surface area contributed by atoms with Gasteiger partial charge in [0.15, 0.2) is 5.82 Å². The van der Waals surface area contributed by atoms with E-state index in [1.807, 2.05) is 30.3 Å². The number of hydrogen-bond acceptors (Lipinski definition) is 5. The first-order chi connectivity index (χ1) is 14.3. The zero-order valence-electron chi connectivity index (χ0n) is 17.2. The molecule has 30 heavy (non-hydrogen) atoms. The zero-order valence-corrected chi connectivity index (χ0v) is 17.2. The highest BCUT2D eigenvalue weighted by atomic mass is 16.5. The molecule has 8 nitrogen and oxygen atoms in total. The Balaban J connectivity index is 1.68. The number of carbonyl (C=O) groups excluding carboxylic acids is 2. The van der Waals surface area contributed by atoms with Gasteiger partial charge in [0, 0.05) is 31.9 Å². The van der Waals surface area contributed by atoms with Gasteiger partial charge in [0.25, 0.3) is 11.5 Å². The van der Waals surface area contributed by atoms with Crippen molar-refractivity contribution in [2.45, 2.75) is 26.3 Å². The molecule has 1 aromatic carbocycles. The minimum atomic E-state index is -0.443. The van der Waals surface area contributed by atoms with Gasteiger partial charge in [0.2, 0.25) is 5.91 Å². The minimum Gasteiger partial charge on any atom is -0.360 e. The smallest absolute Gasteiger partial charge is 0.255 e. The Labute approximate surface area is 174 Å². The first kappa shape index (κ1) is 21.0. The second-order valence-electron chi connectivity index (χ2n) is 7.25. The average molecular weight is 408 g/mol. The maximum atomic E-state index is 12.8. The van der Waals surface area contributed by atoms with E-state index < -0.39 is 5.91 Å². The molecule has 0 unspecified atom stereocenters. The lowest BCUT2D eigenvalue weighted by Gasteiger charge is -2.22. The summed E-state index contributed by atoms with van der Waals surface area (Å²) >= 11 is 0. The topological polar surface area (TPSA) is 97.4 Å². The van der Waals surface area contributed by atoms with E-state index in [9.17, 15) is 14.4 Å². The Morgan fingerprint density at radius 1 is 1.20 bits per heavy atom. The van der Waals surface area contributed by atoms with Crippen molar-refractivity contribution in [2.24, 2.45) is 0 Å². The van der Waals surface area contributed by atoms with Gasteiger partial charge in [0.1, 0.15) is 12.3 Å². The fourth-order valence-electron chi connectivity index (χ4n) is 3.14. The standard InChI is InChI=1S/C22H24N4O4/c1-15(17-7-5-4-6-8-17)12-25(3)22(29)18-9-10-21(28)26(13-18)14-20(27)23-19-11-16(2)30-24-19/h4-11,13,15H,12,14H2,1-3H3,(H,23,24,27)/t15-/m0/s1. The van der Waals surface area contributed by atoms with Gasteiger partial charge in [-0.3, -0.25) is 14.4 Å². The van der Waals surface area contributed by atoms with Gasteiger partial charge in [-0.2, -0.15) is 0 Å². The van der Waals surface area contributed by atoms with Gasteiger partial charge in [0.05, 0.1) is 5.56 Å². The Bertz CT molecular complexity index is 1090. The lowest BCUT2D eigenvalue weighted by Crippen LogP contribution is -2.32. The lowest BCUT2D eigenvalue weighted by molar-refractivity contribution is -0.116. The quantitative estimate of drug-likeness (QED) is 0.648. The van der Waals surface area contributed by atoms with Crippen molar-refractivity contribution in [3.8, 4) is 0 Å². The molecule has 3 rings (SSSR count). The SMILES string of the molecule is Cc1cc(NC(=O)Cn2cc(C(=O)N(C)C[C@H](C)c3ccccc3)ccc2=O)no1. The maximum absolute atomic E-state index is 12.8. The first-order valence-electron chi connectivity index (χ1n) is 9.57. The van der Waals surface area contributed by atoms with Crippen molar-refractivity contribution in [3.63, 3.8) is 0 Å². The van der Waals surface area contributed by atoms with Crippen LogP contribution in [0.25, 0.3) is 0 Å². The lowest BCUT2D eigenvalue weighted by atomic mass is 10.0. The van der Waals surface area contributed by atoms with Crippen LogP contribution < -0.4 is 10.9 Å². The summed E-state index contributed by atoms with van der Waals surface area (Å²) in [5.41, 5.74) is 1.10. The van der Waals surface area contributed by atoms with E-state index in [1.165, 1.54) is 22.9 Å². The summed E-state index contributed by atoms with van der Waals surface area (Å²) in [6.45, 7) is 4.04. The van der Waals surface area contributed by atoms with Gasteiger partial charge in [-0.25, -0.2) is 0 Å². The number of likely N-dealkylation sites (N-methyl/N-ethyl adjacent to an activating group) is 1. The Morgan fingerprint density at radius 2 is 1.93 bits per heavy atom. The van der Waals surface area contributed by atoms with E-state index in [-0.39, 0.29) is 29.7 Å². The maximum Gasteiger partial charge on any atom is 0.255 e. The molecule has 0 saturated carbocycles. The number of rotatable bonds is 7. The summed E-state index contributed by atoms with van der Waals surface area (Å²) in [6, 6.07) is 14.3. The van der Waals surface area contributed by atoms with Crippen LogP contribution >= 0.6 is 0 Å². The summed E-state index contributed by atoms with van der Waals surface area (Å²) in [5.74, 6) is 0.318. The molecular formula is C22H24N4O4.